The fourth-order valence-electron chi connectivity index (χ4n) is 3.34. The molecule has 0 unspecified atom stereocenters. The Labute approximate surface area is 210 Å². The second-order valence-electron chi connectivity index (χ2n) is 7.80. The molecule has 0 amide bonds. The fraction of sp³-hybridized carbons (Fsp3) is 0.318. The van der Waals surface area contributed by atoms with E-state index in [1.54, 1.807) is 0 Å². The number of anilines is 1. The quantitative estimate of drug-likeness (QED) is 0.404. The number of thiophene rings is 1. The molecule has 0 bridgehead atoms. The molecule has 3 aromatic rings. The lowest BCUT2D eigenvalue weighted by molar-refractivity contribution is -0.192. The zero-order chi connectivity index (χ0) is 27.3. The van der Waals surface area contributed by atoms with Crippen LogP contribution < -0.4 is 21.1 Å². The van der Waals surface area contributed by atoms with Crippen molar-refractivity contribution in [3.8, 4) is 16.2 Å². The van der Waals surface area contributed by atoms with E-state index in [2.05, 4.69) is 15.1 Å². The van der Waals surface area contributed by atoms with Crippen LogP contribution in [0.25, 0.3) is 10.4 Å². The average molecular weight is 548 g/mol. The molecule has 0 radical (unpaired) electrons. The smallest absolute Gasteiger partial charge is 0.490 e. The van der Waals surface area contributed by atoms with Gasteiger partial charge in [0.25, 0.3) is 6.08 Å². The minimum atomic E-state index is -5.08. The first-order chi connectivity index (χ1) is 17.4. The number of nitrogens with two attached hydrogens (primary N) is 1. The molecule has 0 saturated heterocycles. The van der Waals surface area contributed by atoms with Crippen molar-refractivity contribution in [3.05, 3.63) is 63.2 Å². The van der Waals surface area contributed by atoms with Crippen molar-refractivity contribution in [1.29, 1.82) is 0 Å². The third-order valence-corrected chi connectivity index (χ3v) is 6.40. The summed E-state index contributed by atoms with van der Waals surface area (Å²) >= 11 is 1.53. The van der Waals surface area contributed by atoms with Gasteiger partial charge < -0.3 is 20.5 Å². The van der Waals surface area contributed by atoms with Gasteiger partial charge in [0.15, 0.2) is 0 Å². The SMILES string of the molecule is CN1CCOc2cc(-c3ccc(Cn4c(CC(CN)=C(F)F)n[nH]c4=O)s3)ccc21.O=C(O)C(F)(F)F. The first-order valence-corrected chi connectivity index (χ1v) is 11.5. The number of aliphatic carboxylic acids is 1. The Kier molecular flexibility index (Phi) is 8.70. The topological polar surface area (TPSA) is 126 Å². The molecule has 3 heterocycles. The van der Waals surface area contributed by atoms with Gasteiger partial charge in [-0.15, -0.1) is 11.3 Å². The number of rotatable bonds is 6. The summed E-state index contributed by atoms with van der Waals surface area (Å²) in [6.45, 7) is 1.45. The second kappa shape index (κ2) is 11.6. The van der Waals surface area contributed by atoms with Crippen molar-refractivity contribution < 1.29 is 36.6 Å². The highest BCUT2D eigenvalue weighted by Gasteiger charge is 2.38. The second-order valence-corrected chi connectivity index (χ2v) is 8.97. The monoisotopic (exact) mass is 547 g/mol. The Balaban J connectivity index is 0.000000479. The Morgan fingerprint density at radius 3 is 2.59 bits per heavy atom. The summed E-state index contributed by atoms with van der Waals surface area (Å²) in [5, 5.41) is 13.3. The van der Waals surface area contributed by atoms with Crippen molar-refractivity contribution in [1.82, 2.24) is 14.8 Å². The van der Waals surface area contributed by atoms with Gasteiger partial charge in [0.2, 0.25) is 0 Å². The summed E-state index contributed by atoms with van der Waals surface area (Å²) in [7, 11) is 2.03. The van der Waals surface area contributed by atoms with Crippen molar-refractivity contribution >= 4 is 23.0 Å². The fourth-order valence-corrected chi connectivity index (χ4v) is 4.33. The number of ether oxygens (including phenoxy) is 1. The summed E-state index contributed by atoms with van der Waals surface area (Å²) in [5.74, 6) is -1.68. The van der Waals surface area contributed by atoms with E-state index in [0.717, 1.165) is 33.3 Å². The van der Waals surface area contributed by atoms with Crippen LogP contribution in [0.3, 0.4) is 0 Å². The van der Waals surface area contributed by atoms with E-state index in [1.807, 2.05) is 37.4 Å². The first-order valence-electron chi connectivity index (χ1n) is 10.6. The largest absolute Gasteiger partial charge is 0.490 e. The van der Waals surface area contributed by atoms with Crippen LogP contribution in [0.1, 0.15) is 10.7 Å². The van der Waals surface area contributed by atoms with E-state index < -0.39 is 23.9 Å². The molecule has 0 fully saturated rings. The van der Waals surface area contributed by atoms with Crippen LogP contribution in [-0.2, 0) is 17.8 Å². The molecule has 9 nitrogen and oxygen atoms in total. The molecule has 0 aliphatic carbocycles. The standard InChI is InChI=1S/C20H21F2N5O2S.C2HF3O2/c1-26-6-7-29-16-8-12(2-4-15(16)26)17-5-3-14(30-17)11-27-18(24-25-20(27)28)9-13(10-23)19(21)22;3-2(4,5)1(6)7/h2-5,8H,6-7,9-11,23H2,1H3,(H,25,28);(H,6,7). The highest BCUT2D eigenvalue weighted by molar-refractivity contribution is 7.15. The number of benzene rings is 1. The molecule has 4 rings (SSSR count). The number of hydrogen-bond acceptors (Lipinski definition) is 7. The molecule has 1 aliphatic rings. The number of aromatic amines is 1. The van der Waals surface area contributed by atoms with Gasteiger partial charge in [0.1, 0.15) is 18.2 Å². The predicted octanol–water partition coefficient (Wildman–Crippen LogP) is 3.46. The minimum Gasteiger partial charge on any atom is -0.490 e. The lowest BCUT2D eigenvalue weighted by Crippen LogP contribution is -2.28. The summed E-state index contributed by atoms with van der Waals surface area (Å²) < 4.78 is 64.8. The van der Waals surface area contributed by atoms with E-state index in [9.17, 15) is 26.7 Å². The van der Waals surface area contributed by atoms with Gasteiger partial charge in [-0.2, -0.15) is 27.1 Å². The Morgan fingerprint density at radius 1 is 1.27 bits per heavy atom. The van der Waals surface area contributed by atoms with Gasteiger partial charge >= 0.3 is 17.8 Å². The van der Waals surface area contributed by atoms with Crippen LogP contribution >= 0.6 is 11.3 Å². The zero-order valence-corrected chi connectivity index (χ0v) is 20.1. The highest BCUT2D eigenvalue weighted by atomic mass is 32.1. The number of carbonyl (C=O) groups is 1. The number of H-pyrrole nitrogens is 1. The third-order valence-electron chi connectivity index (χ3n) is 5.28. The predicted molar refractivity (Wildman–Crippen MR) is 126 cm³/mol. The molecular formula is C22H22F5N5O4S. The molecule has 0 spiro atoms. The van der Waals surface area contributed by atoms with Crippen LogP contribution in [0.5, 0.6) is 5.75 Å². The Morgan fingerprint density at radius 2 is 1.97 bits per heavy atom. The lowest BCUT2D eigenvalue weighted by Gasteiger charge is -2.27. The number of fused-ring (bicyclic) bond motifs is 1. The number of carboxylic acid groups (broad SMARTS) is 1. The van der Waals surface area contributed by atoms with Crippen LogP contribution in [0.2, 0.25) is 0 Å². The van der Waals surface area contributed by atoms with E-state index in [1.165, 1.54) is 15.9 Å². The molecule has 4 N–H and O–H groups in total. The summed E-state index contributed by atoms with van der Waals surface area (Å²) in [6.07, 6.45) is -7.09. The lowest BCUT2D eigenvalue weighted by atomic mass is 10.1. The van der Waals surface area contributed by atoms with Crippen LogP contribution in [0.15, 0.2) is 46.8 Å². The number of nitrogens with zero attached hydrogens (tertiary/aromatic N) is 3. The zero-order valence-electron chi connectivity index (χ0n) is 19.3. The van der Waals surface area contributed by atoms with E-state index >= 15 is 0 Å². The molecule has 0 atom stereocenters. The highest BCUT2D eigenvalue weighted by Crippen LogP contribution is 2.37. The Hall–Kier alpha value is -3.72. The molecule has 37 heavy (non-hydrogen) atoms. The number of likely N-dealkylation sites (N-methyl/N-ethyl adjacent to an activating group) is 1. The number of alkyl halides is 3. The normalized spacial score (nSPS) is 12.8. The number of carboxylic acids is 1. The molecular weight excluding hydrogens is 525 g/mol. The summed E-state index contributed by atoms with van der Waals surface area (Å²) in [4.78, 5) is 25.1. The van der Waals surface area contributed by atoms with E-state index in [-0.39, 0.29) is 30.9 Å². The summed E-state index contributed by atoms with van der Waals surface area (Å²) in [6, 6.07) is 9.99. The maximum absolute atomic E-state index is 12.9. The molecule has 0 saturated carbocycles. The molecule has 15 heteroatoms. The molecule has 2 aromatic heterocycles. The van der Waals surface area contributed by atoms with Gasteiger partial charge in [0, 0.05) is 35.3 Å². The third kappa shape index (κ3) is 6.95. The molecule has 1 aromatic carbocycles. The number of hydrogen-bond donors (Lipinski definition) is 3. The van der Waals surface area contributed by atoms with Crippen molar-refractivity contribution in [3.63, 3.8) is 0 Å². The van der Waals surface area contributed by atoms with Gasteiger partial charge in [0.05, 0.1) is 18.8 Å². The van der Waals surface area contributed by atoms with Crippen LogP contribution in [-0.4, -0.2) is 58.8 Å². The maximum atomic E-state index is 12.9. The minimum absolute atomic E-state index is 0.175. The van der Waals surface area contributed by atoms with Crippen LogP contribution in [0.4, 0.5) is 27.6 Å². The molecule has 200 valence electrons. The van der Waals surface area contributed by atoms with Gasteiger partial charge in [-0.1, -0.05) is 6.07 Å². The van der Waals surface area contributed by atoms with Gasteiger partial charge in [-0.05, 0) is 29.8 Å². The Bertz CT molecular complexity index is 1340. The number of aromatic nitrogens is 3. The first kappa shape index (κ1) is 27.9. The van der Waals surface area contributed by atoms with Crippen LogP contribution in [0, 0.1) is 0 Å². The van der Waals surface area contributed by atoms with Crippen molar-refractivity contribution in [2.45, 2.75) is 19.1 Å². The van der Waals surface area contributed by atoms with Crippen molar-refractivity contribution in [2.75, 3.05) is 31.6 Å². The van der Waals surface area contributed by atoms with E-state index in [0.29, 0.717) is 6.61 Å². The van der Waals surface area contributed by atoms with E-state index in [4.69, 9.17) is 20.4 Å². The maximum Gasteiger partial charge on any atom is 0.490 e. The number of halogens is 5. The number of nitrogens with one attached hydrogen (secondary N) is 1. The van der Waals surface area contributed by atoms with Gasteiger partial charge in [-0.25, -0.2) is 14.7 Å². The van der Waals surface area contributed by atoms with Crippen molar-refractivity contribution in [2.24, 2.45) is 5.73 Å². The summed E-state index contributed by atoms with van der Waals surface area (Å²) in [5.41, 5.74) is 6.78. The van der Waals surface area contributed by atoms with Gasteiger partial charge in [-0.3, -0.25) is 4.57 Å². The average Bonchev–Trinajstić information content (AvgIpc) is 3.44. The molecule has 1 aliphatic heterocycles.